The Bertz CT molecular complexity index is 1390. The molecule has 0 atom stereocenters. The zero-order chi connectivity index (χ0) is 25.2. The van der Waals surface area contributed by atoms with E-state index in [0.29, 0.717) is 35.0 Å². The molecule has 8 nitrogen and oxygen atoms in total. The van der Waals surface area contributed by atoms with Crippen LogP contribution in [0, 0.1) is 5.41 Å². The average Bonchev–Trinajstić information content (AvgIpc) is 3.01. The zero-order valence-corrected chi connectivity index (χ0v) is 21.1. The first-order valence-corrected chi connectivity index (χ1v) is 12.2. The Hall–Kier alpha value is -3.65. The molecule has 2 amide bonds. The van der Waals surface area contributed by atoms with Crippen molar-refractivity contribution in [2.45, 2.75) is 19.4 Å². The van der Waals surface area contributed by atoms with E-state index in [1.165, 1.54) is 0 Å². The third kappa shape index (κ3) is 3.35. The molecule has 0 bridgehead atoms. The van der Waals surface area contributed by atoms with Gasteiger partial charge >= 0.3 is 0 Å². The minimum atomic E-state index is -0.546. The molecule has 1 spiro atoms. The van der Waals surface area contributed by atoms with Crippen molar-refractivity contribution in [3.8, 4) is 5.75 Å². The predicted molar refractivity (Wildman–Crippen MR) is 137 cm³/mol. The van der Waals surface area contributed by atoms with Crippen LogP contribution in [0.25, 0.3) is 0 Å². The fourth-order valence-corrected chi connectivity index (χ4v) is 5.97. The zero-order valence-electron chi connectivity index (χ0n) is 20.4. The van der Waals surface area contributed by atoms with Crippen LogP contribution in [0.5, 0.6) is 5.75 Å². The molecule has 0 radical (unpaired) electrons. The number of hydrogen-bond donors (Lipinski definition) is 0. The predicted octanol–water partition coefficient (Wildman–Crippen LogP) is 4.00. The van der Waals surface area contributed by atoms with E-state index < -0.39 is 5.54 Å². The number of rotatable bonds is 4. The summed E-state index contributed by atoms with van der Waals surface area (Å²) in [7, 11) is 1.56. The van der Waals surface area contributed by atoms with Gasteiger partial charge in [-0.05, 0) is 49.7 Å². The minimum Gasteiger partial charge on any atom is -0.496 e. The van der Waals surface area contributed by atoms with Crippen molar-refractivity contribution >= 4 is 34.8 Å². The molecule has 0 aliphatic carbocycles. The summed E-state index contributed by atoms with van der Waals surface area (Å²) in [6.07, 6.45) is 6.74. The van der Waals surface area contributed by atoms with Gasteiger partial charge in [0.15, 0.2) is 0 Å². The quantitative estimate of drug-likeness (QED) is 0.535. The molecule has 0 N–H and O–H groups in total. The summed E-state index contributed by atoms with van der Waals surface area (Å²) in [6.45, 7) is 7.10. The molecule has 2 aromatic heterocycles. The van der Waals surface area contributed by atoms with Crippen molar-refractivity contribution < 1.29 is 14.3 Å². The van der Waals surface area contributed by atoms with Crippen LogP contribution >= 0.6 is 11.6 Å². The summed E-state index contributed by atoms with van der Waals surface area (Å²) < 4.78 is 5.32. The Morgan fingerprint density at radius 1 is 1.00 bits per heavy atom. The van der Waals surface area contributed by atoms with E-state index in [4.69, 9.17) is 16.3 Å². The fourth-order valence-electron chi connectivity index (χ4n) is 5.80. The van der Waals surface area contributed by atoms with E-state index in [1.54, 1.807) is 48.8 Å². The molecule has 0 unspecified atom stereocenters. The van der Waals surface area contributed by atoms with Gasteiger partial charge in [-0.2, -0.15) is 0 Å². The molecule has 2 fully saturated rings. The highest BCUT2D eigenvalue weighted by atomic mass is 35.5. The number of fused-ring (bicyclic) bond motifs is 1. The standard InChI is InChI=1S/C27H26ClN5O3/c1-26(2)22-8-17(28)4-5-20(22)25(35)33(26)19-9-18(10-30-11-19)31-13-27(14-31)15-32(16-27)24(34)21-12-29-7-6-23(21)36-3/h4-12H,13-16H2,1-3H3. The highest BCUT2D eigenvalue weighted by molar-refractivity contribution is 6.31. The van der Waals surface area contributed by atoms with Crippen LogP contribution in [-0.4, -0.2) is 60.0 Å². The average molecular weight is 504 g/mol. The van der Waals surface area contributed by atoms with E-state index in [2.05, 4.69) is 14.9 Å². The Morgan fingerprint density at radius 3 is 2.50 bits per heavy atom. The van der Waals surface area contributed by atoms with Crippen LogP contribution in [0.2, 0.25) is 5.02 Å². The number of pyridine rings is 2. The van der Waals surface area contributed by atoms with Crippen LogP contribution in [0.3, 0.4) is 0 Å². The third-order valence-electron chi connectivity index (χ3n) is 7.59. The topological polar surface area (TPSA) is 78.9 Å². The number of aromatic nitrogens is 2. The molecule has 3 aromatic rings. The third-order valence-corrected chi connectivity index (χ3v) is 7.82. The van der Waals surface area contributed by atoms with E-state index in [-0.39, 0.29) is 17.2 Å². The highest BCUT2D eigenvalue weighted by Gasteiger charge is 2.54. The van der Waals surface area contributed by atoms with Crippen molar-refractivity contribution in [3.05, 3.63) is 76.8 Å². The fraction of sp³-hybridized carbons (Fsp3) is 0.333. The lowest BCUT2D eigenvalue weighted by Gasteiger charge is -2.60. The Morgan fingerprint density at radius 2 is 1.75 bits per heavy atom. The molecule has 36 heavy (non-hydrogen) atoms. The summed E-state index contributed by atoms with van der Waals surface area (Å²) >= 11 is 6.23. The molecule has 2 saturated heterocycles. The molecule has 3 aliphatic heterocycles. The summed E-state index contributed by atoms with van der Waals surface area (Å²) in [5, 5.41) is 0.615. The number of carbonyl (C=O) groups excluding carboxylic acids is 2. The molecule has 5 heterocycles. The molecule has 6 rings (SSSR count). The number of methoxy groups -OCH3 is 1. The van der Waals surface area contributed by atoms with Crippen molar-refractivity contribution in [2.75, 3.05) is 43.1 Å². The lowest BCUT2D eigenvalue weighted by molar-refractivity contribution is -0.0107. The minimum absolute atomic E-state index is 0.0512. The summed E-state index contributed by atoms with van der Waals surface area (Å²) in [6, 6.07) is 9.14. The number of anilines is 2. The van der Waals surface area contributed by atoms with Crippen LogP contribution in [-0.2, 0) is 5.54 Å². The largest absolute Gasteiger partial charge is 0.496 e. The van der Waals surface area contributed by atoms with Crippen LogP contribution < -0.4 is 14.5 Å². The normalized spacial score (nSPS) is 19.1. The Labute approximate surface area is 214 Å². The smallest absolute Gasteiger partial charge is 0.259 e. The highest BCUT2D eigenvalue weighted by Crippen LogP contribution is 2.46. The number of likely N-dealkylation sites (tertiary alicyclic amines) is 1. The van der Waals surface area contributed by atoms with Crippen LogP contribution in [0.1, 0.15) is 40.1 Å². The lowest BCUT2D eigenvalue weighted by Crippen LogP contribution is -2.73. The van der Waals surface area contributed by atoms with Gasteiger partial charge in [-0.15, -0.1) is 0 Å². The van der Waals surface area contributed by atoms with Crippen LogP contribution in [0.15, 0.2) is 55.1 Å². The molecule has 184 valence electrons. The number of ether oxygens (including phenoxy) is 1. The second-order valence-electron chi connectivity index (χ2n) is 10.4. The Balaban J connectivity index is 1.15. The number of carbonyl (C=O) groups is 2. The number of amides is 2. The summed E-state index contributed by atoms with van der Waals surface area (Å²) in [4.78, 5) is 40.6. The summed E-state index contributed by atoms with van der Waals surface area (Å²) in [5.41, 5.74) is 3.33. The van der Waals surface area contributed by atoms with Gasteiger partial charge in [0, 0.05) is 54.6 Å². The Kier molecular flexibility index (Phi) is 5.02. The molecule has 3 aliphatic rings. The van der Waals surface area contributed by atoms with E-state index >= 15 is 0 Å². The first-order valence-electron chi connectivity index (χ1n) is 11.8. The maximum atomic E-state index is 13.3. The van der Waals surface area contributed by atoms with Gasteiger partial charge in [-0.3, -0.25) is 24.5 Å². The maximum Gasteiger partial charge on any atom is 0.259 e. The van der Waals surface area contributed by atoms with Gasteiger partial charge in [0.1, 0.15) is 5.75 Å². The first-order chi connectivity index (χ1) is 17.2. The number of hydrogen-bond acceptors (Lipinski definition) is 6. The van der Waals surface area contributed by atoms with Crippen molar-refractivity contribution in [1.82, 2.24) is 14.9 Å². The second-order valence-corrected chi connectivity index (χ2v) is 10.8. The van der Waals surface area contributed by atoms with Gasteiger partial charge in [-0.1, -0.05) is 11.6 Å². The van der Waals surface area contributed by atoms with Crippen molar-refractivity contribution in [3.63, 3.8) is 0 Å². The maximum absolute atomic E-state index is 13.3. The molecular weight excluding hydrogens is 478 g/mol. The lowest BCUT2D eigenvalue weighted by atomic mass is 9.72. The molecule has 1 aromatic carbocycles. The first kappa shape index (κ1) is 22.8. The molecular formula is C27H26ClN5O3. The molecule has 9 heteroatoms. The van der Waals surface area contributed by atoms with E-state index in [9.17, 15) is 9.59 Å². The SMILES string of the molecule is COc1ccncc1C(=O)N1CC2(C1)CN(c1cncc(N3C(=O)c4ccc(Cl)cc4C3(C)C)c1)C2. The van der Waals surface area contributed by atoms with Gasteiger partial charge in [0.05, 0.1) is 42.0 Å². The second kappa shape index (κ2) is 7.93. The monoisotopic (exact) mass is 503 g/mol. The molecule has 0 saturated carbocycles. The number of halogens is 1. The number of nitrogens with zero attached hydrogens (tertiary/aromatic N) is 5. The van der Waals surface area contributed by atoms with Gasteiger partial charge < -0.3 is 14.5 Å². The van der Waals surface area contributed by atoms with Crippen molar-refractivity contribution in [1.29, 1.82) is 0 Å². The van der Waals surface area contributed by atoms with Gasteiger partial charge in [0.25, 0.3) is 11.8 Å². The van der Waals surface area contributed by atoms with E-state index in [0.717, 1.165) is 30.0 Å². The van der Waals surface area contributed by atoms with E-state index in [1.807, 2.05) is 37.1 Å². The van der Waals surface area contributed by atoms with Gasteiger partial charge in [-0.25, -0.2) is 0 Å². The van der Waals surface area contributed by atoms with Crippen molar-refractivity contribution in [2.24, 2.45) is 5.41 Å². The summed E-state index contributed by atoms with van der Waals surface area (Å²) in [5.74, 6) is 0.435. The van der Waals surface area contributed by atoms with Gasteiger partial charge in [0.2, 0.25) is 0 Å². The number of benzene rings is 1. The van der Waals surface area contributed by atoms with Crippen LogP contribution in [0.4, 0.5) is 11.4 Å².